The number of nitrogens with two attached hydrogens (primary N) is 1. The van der Waals surface area contributed by atoms with Crippen LogP contribution in [-0.4, -0.2) is 63.6 Å². The molecule has 4 heterocycles. The highest BCUT2D eigenvalue weighted by Crippen LogP contribution is 2.30. The molecule has 0 radical (unpaired) electrons. The van der Waals surface area contributed by atoms with Crippen molar-refractivity contribution in [3.63, 3.8) is 0 Å². The van der Waals surface area contributed by atoms with Crippen LogP contribution in [0.5, 0.6) is 0 Å². The zero-order chi connectivity index (χ0) is 21.5. The molecule has 3 aromatic rings. The number of amides is 1. The fraction of sp³-hybridized carbons (Fsp3) is 0.333. The number of hydrogen-bond donors (Lipinski definition) is 2. The third-order valence-electron chi connectivity index (χ3n) is 4.92. The number of pyridine rings is 1. The van der Waals surface area contributed by atoms with E-state index in [2.05, 4.69) is 30.2 Å². The summed E-state index contributed by atoms with van der Waals surface area (Å²) in [5.41, 5.74) is 5.38. The zero-order valence-corrected chi connectivity index (χ0v) is 16.0. The van der Waals surface area contributed by atoms with Gasteiger partial charge >= 0.3 is 6.18 Å². The van der Waals surface area contributed by atoms with Crippen molar-refractivity contribution in [2.75, 3.05) is 49.2 Å². The number of carbonyl (C=O) groups is 1. The number of nitrogens with zero attached hydrogens (tertiary/aromatic N) is 6. The maximum atomic E-state index is 13.0. The first kappa shape index (κ1) is 19.9. The second-order valence-corrected chi connectivity index (χ2v) is 6.98. The van der Waals surface area contributed by atoms with E-state index >= 15 is 0 Å². The van der Waals surface area contributed by atoms with Crippen molar-refractivity contribution in [2.24, 2.45) is 0 Å². The Morgan fingerprint density at radius 1 is 1.20 bits per heavy atom. The van der Waals surface area contributed by atoms with E-state index < -0.39 is 17.8 Å². The lowest BCUT2D eigenvalue weighted by Gasteiger charge is -2.34. The Morgan fingerprint density at radius 3 is 2.63 bits per heavy atom. The number of piperazine rings is 1. The fourth-order valence-electron chi connectivity index (χ4n) is 3.31. The minimum absolute atomic E-state index is 0.218. The second kappa shape index (κ2) is 7.44. The van der Waals surface area contributed by atoms with Gasteiger partial charge in [-0.3, -0.25) is 9.78 Å². The molecular weight excluding hydrogens is 401 g/mol. The number of nitrogens with one attached hydrogen (secondary N) is 1. The summed E-state index contributed by atoms with van der Waals surface area (Å²) in [4.78, 5) is 24.8. The van der Waals surface area contributed by atoms with Crippen molar-refractivity contribution in [2.45, 2.75) is 6.18 Å². The monoisotopic (exact) mass is 420 g/mol. The van der Waals surface area contributed by atoms with Gasteiger partial charge in [0.05, 0.1) is 17.6 Å². The molecular formula is C18H19F3N8O. The molecule has 4 rings (SSSR count). The molecule has 0 aliphatic carbocycles. The van der Waals surface area contributed by atoms with Gasteiger partial charge in [-0.25, -0.2) is 9.50 Å². The van der Waals surface area contributed by atoms with Gasteiger partial charge in [-0.15, -0.1) is 5.10 Å². The van der Waals surface area contributed by atoms with Crippen molar-refractivity contribution in [1.29, 1.82) is 0 Å². The Bertz CT molecular complexity index is 1090. The van der Waals surface area contributed by atoms with Gasteiger partial charge in [-0.05, 0) is 19.2 Å². The predicted octanol–water partition coefficient (Wildman–Crippen LogP) is 1.73. The molecule has 1 fully saturated rings. The summed E-state index contributed by atoms with van der Waals surface area (Å²) >= 11 is 0. The van der Waals surface area contributed by atoms with Gasteiger partial charge in [-0.1, -0.05) is 0 Å². The van der Waals surface area contributed by atoms with E-state index in [1.165, 1.54) is 6.20 Å². The Labute approximate surface area is 169 Å². The lowest BCUT2D eigenvalue weighted by Crippen LogP contribution is -2.44. The molecule has 1 saturated heterocycles. The van der Waals surface area contributed by atoms with Gasteiger partial charge in [0.2, 0.25) is 0 Å². The Hall–Kier alpha value is -3.41. The smallest absolute Gasteiger partial charge is 0.381 e. The zero-order valence-electron chi connectivity index (χ0n) is 16.0. The minimum Gasteiger partial charge on any atom is -0.381 e. The van der Waals surface area contributed by atoms with Crippen molar-refractivity contribution in [3.05, 3.63) is 42.0 Å². The van der Waals surface area contributed by atoms with Gasteiger partial charge < -0.3 is 20.9 Å². The molecule has 1 amide bonds. The average molecular weight is 420 g/mol. The first-order valence-electron chi connectivity index (χ1n) is 9.15. The van der Waals surface area contributed by atoms with E-state index in [4.69, 9.17) is 5.73 Å². The van der Waals surface area contributed by atoms with Crippen LogP contribution in [0, 0.1) is 0 Å². The van der Waals surface area contributed by atoms with Gasteiger partial charge in [0.1, 0.15) is 11.3 Å². The number of alkyl halides is 3. The first-order chi connectivity index (χ1) is 14.2. The maximum absolute atomic E-state index is 13.0. The average Bonchev–Trinajstić information content (AvgIpc) is 3.03. The van der Waals surface area contributed by atoms with Crippen LogP contribution >= 0.6 is 0 Å². The van der Waals surface area contributed by atoms with E-state index in [0.29, 0.717) is 5.69 Å². The Morgan fingerprint density at radius 2 is 1.93 bits per heavy atom. The summed E-state index contributed by atoms with van der Waals surface area (Å²) in [5, 5.41) is 6.59. The highest BCUT2D eigenvalue weighted by molar-refractivity contribution is 6.12. The normalized spacial score (nSPS) is 15.5. The maximum Gasteiger partial charge on any atom is 0.433 e. The van der Waals surface area contributed by atoms with Crippen LogP contribution in [0.2, 0.25) is 0 Å². The second-order valence-electron chi connectivity index (χ2n) is 6.98. The quantitative estimate of drug-likeness (QED) is 0.665. The Balaban J connectivity index is 1.67. The Kier molecular flexibility index (Phi) is 4.94. The molecule has 158 valence electrons. The molecule has 1 aliphatic rings. The summed E-state index contributed by atoms with van der Waals surface area (Å²) in [6, 6.07) is 2.55. The summed E-state index contributed by atoms with van der Waals surface area (Å²) in [7, 11) is 2.03. The molecule has 3 aromatic heterocycles. The summed E-state index contributed by atoms with van der Waals surface area (Å²) in [5.74, 6) is -0.929. The third kappa shape index (κ3) is 3.73. The highest BCUT2D eigenvalue weighted by Gasteiger charge is 2.34. The number of fused-ring (bicyclic) bond motifs is 1. The number of carbonyl (C=O) groups excluding carboxylic acids is 1. The topological polar surface area (TPSA) is 105 Å². The summed E-state index contributed by atoms with van der Waals surface area (Å²) < 4.78 is 40.2. The highest BCUT2D eigenvalue weighted by atomic mass is 19.4. The minimum atomic E-state index is -4.66. The lowest BCUT2D eigenvalue weighted by atomic mass is 10.2. The predicted molar refractivity (Wildman–Crippen MR) is 104 cm³/mol. The summed E-state index contributed by atoms with van der Waals surface area (Å²) in [6.45, 7) is 3.25. The van der Waals surface area contributed by atoms with Crippen LogP contribution in [0.25, 0.3) is 5.65 Å². The molecule has 0 saturated carbocycles. The molecule has 0 aromatic carbocycles. The van der Waals surface area contributed by atoms with E-state index in [0.717, 1.165) is 48.6 Å². The first-order valence-corrected chi connectivity index (χ1v) is 9.15. The lowest BCUT2D eigenvalue weighted by molar-refractivity contribution is -0.141. The molecule has 1 aliphatic heterocycles. The standard InChI is InChI=1S/C18H19F3N8O/c1-27-6-8-28(9-7-27)12-2-4-23-10-11(12)24-17(30)14-15(22)26-29-5-3-13(18(19,20)21)25-16(14)29/h2-5,10H,6-9H2,1H3,(H2,22,26)(H,24,30). The van der Waals surface area contributed by atoms with E-state index in [-0.39, 0.29) is 17.0 Å². The van der Waals surface area contributed by atoms with Crippen molar-refractivity contribution < 1.29 is 18.0 Å². The number of halogens is 3. The van der Waals surface area contributed by atoms with Crippen molar-refractivity contribution >= 4 is 28.7 Å². The number of likely N-dealkylation sites (N-methyl/N-ethyl adjacent to an activating group) is 1. The number of nitrogen functional groups attached to an aromatic ring is 1. The number of anilines is 3. The van der Waals surface area contributed by atoms with Crippen LogP contribution in [0.4, 0.5) is 30.4 Å². The molecule has 12 heteroatoms. The molecule has 0 spiro atoms. The van der Waals surface area contributed by atoms with Crippen LogP contribution < -0.4 is 16.0 Å². The number of hydrogen-bond acceptors (Lipinski definition) is 7. The number of aromatic nitrogens is 4. The van der Waals surface area contributed by atoms with Gasteiger partial charge in [0, 0.05) is 38.6 Å². The molecule has 0 atom stereocenters. The van der Waals surface area contributed by atoms with E-state index in [9.17, 15) is 18.0 Å². The molecule has 30 heavy (non-hydrogen) atoms. The molecule has 0 unspecified atom stereocenters. The van der Waals surface area contributed by atoms with Crippen LogP contribution in [0.3, 0.4) is 0 Å². The fourth-order valence-corrected chi connectivity index (χ4v) is 3.31. The third-order valence-corrected chi connectivity index (χ3v) is 4.92. The SMILES string of the molecule is CN1CCN(c2ccncc2NC(=O)c2c(N)nn3ccc(C(F)(F)F)nc23)CC1. The molecule has 9 nitrogen and oxygen atoms in total. The van der Waals surface area contributed by atoms with E-state index in [1.54, 1.807) is 12.3 Å². The van der Waals surface area contributed by atoms with Crippen molar-refractivity contribution in [3.8, 4) is 0 Å². The molecule has 0 bridgehead atoms. The van der Waals surface area contributed by atoms with Crippen LogP contribution in [-0.2, 0) is 6.18 Å². The van der Waals surface area contributed by atoms with Gasteiger partial charge in [0.15, 0.2) is 11.5 Å². The molecule has 3 N–H and O–H groups in total. The van der Waals surface area contributed by atoms with Gasteiger partial charge in [-0.2, -0.15) is 13.2 Å². The van der Waals surface area contributed by atoms with E-state index in [1.807, 2.05) is 7.05 Å². The van der Waals surface area contributed by atoms with Gasteiger partial charge in [0.25, 0.3) is 5.91 Å². The van der Waals surface area contributed by atoms with Crippen molar-refractivity contribution in [1.82, 2.24) is 24.5 Å². The largest absolute Gasteiger partial charge is 0.433 e. The van der Waals surface area contributed by atoms with Crippen LogP contribution in [0.1, 0.15) is 16.1 Å². The van der Waals surface area contributed by atoms with Crippen LogP contribution in [0.15, 0.2) is 30.7 Å². The number of rotatable bonds is 3. The summed E-state index contributed by atoms with van der Waals surface area (Å²) in [6.07, 6.45) is -0.489.